The lowest BCUT2D eigenvalue weighted by Crippen LogP contribution is -2.32. The van der Waals surface area contributed by atoms with E-state index in [9.17, 15) is 27.6 Å². The number of hydrogen-bond acceptors (Lipinski definition) is 8. The van der Waals surface area contributed by atoms with Gasteiger partial charge in [0, 0.05) is 12.8 Å². The number of imide groups is 1. The summed E-state index contributed by atoms with van der Waals surface area (Å²) in [6.07, 6.45) is -1.46. The zero-order valence-electron chi connectivity index (χ0n) is 9.40. The van der Waals surface area contributed by atoms with Crippen LogP contribution < -0.4 is 0 Å². The monoisotopic (exact) mass is 295 g/mol. The Hall–Kier alpha value is -2.01. The molecule has 0 bridgehead atoms. The van der Waals surface area contributed by atoms with Crippen LogP contribution in [0.15, 0.2) is 0 Å². The summed E-state index contributed by atoms with van der Waals surface area (Å²) in [5, 5.41) is 0.288. The summed E-state index contributed by atoms with van der Waals surface area (Å²) in [5.41, 5.74) is 0. The second-order valence-corrected chi connectivity index (χ2v) is 4.45. The van der Waals surface area contributed by atoms with E-state index in [-0.39, 0.29) is 17.9 Å². The summed E-state index contributed by atoms with van der Waals surface area (Å²) < 4.78 is 32.0. The van der Waals surface area contributed by atoms with E-state index < -0.39 is 47.0 Å². The summed E-state index contributed by atoms with van der Waals surface area (Å²) in [6.45, 7) is 0. The Morgan fingerprint density at radius 2 is 1.58 bits per heavy atom. The molecule has 0 aliphatic carbocycles. The van der Waals surface area contributed by atoms with Crippen molar-refractivity contribution in [3.8, 4) is 0 Å². The van der Waals surface area contributed by atoms with Gasteiger partial charge in [-0.15, -0.1) is 5.06 Å². The molecule has 2 amide bonds. The van der Waals surface area contributed by atoms with Crippen LogP contribution in [0.1, 0.15) is 25.7 Å². The van der Waals surface area contributed by atoms with Gasteiger partial charge in [0.05, 0.1) is 12.8 Å². The van der Waals surface area contributed by atoms with E-state index in [1.807, 2.05) is 0 Å². The molecule has 0 spiro atoms. The molecule has 0 atom stereocenters. The van der Waals surface area contributed by atoms with Crippen LogP contribution in [0.2, 0.25) is 0 Å². The fourth-order valence-electron chi connectivity index (χ4n) is 1.17. The molecule has 1 N–H and O–H groups in total. The molecule has 1 saturated heterocycles. The molecule has 0 aromatic rings. The number of carbonyl (C=O) groups excluding carboxylic acids is 4. The summed E-state index contributed by atoms with van der Waals surface area (Å²) >= 11 is 0. The highest BCUT2D eigenvalue weighted by Crippen LogP contribution is 2.13. The van der Waals surface area contributed by atoms with Crippen molar-refractivity contribution in [2.75, 3.05) is 0 Å². The van der Waals surface area contributed by atoms with Crippen LogP contribution in [0.5, 0.6) is 0 Å². The molecule has 1 heterocycles. The van der Waals surface area contributed by atoms with Crippen LogP contribution in [-0.2, 0) is 38.6 Å². The van der Waals surface area contributed by atoms with Crippen LogP contribution in [-0.4, -0.2) is 41.8 Å². The van der Waals surface area contributed by atoms with E-state index in [0.29, 0.717) is 0 Å². The average molecular weight is 295 g/mol. The predicted octanol–water partition coefficient (Wildman–Crippen LogP) is -1.28. The van der Waals surface area contributed by atoms with Crippen molar-refractivity contribution in [1.82, 2.24) is 5.06 Å². The molecule has 0 aromatic carbocycles. The molecule has 0 unspecified atom stereocenters. The molecule has 1 aliphatic rings. The van der Waals surface area contributed by atoms with Crippen LogP contribution >= 0.6 is 0 Å². The van der Waals surface area contributed by atoms with E-state index in [0.717, 1.165) is 0 Å². The third-order valence-electron chi connectivity index (χ3n) is 1.93. The molecule has 11 heteroatoms. The summed E-state index contributed by atoms with van der Waals surface area (Å²) in [4.78, 5) is 48.5. The lowest BCUT2D eigenvalue weighted by molar-refractivity contribution is -0.197. The van der Waals surface area contributed by atoms with E-state index >= 15 is 0 Å². The van der Waals surface area contributed by atoms with Gasteiger partial charge in [-0.3, -0.25) is 18.9 Å². The maximum absolute atomic E-state index is 11.2. The van der Waals surface area contributed by atoms with Crippen molar-refractivity contribution in [2.24, 2.45) is 0 Å². The van der Waals surface area contributed by atoms with Crippen molar-refractivity contribution in [3.05, 3.63) is 0 Å². The van der Waals surface area contributed by atoms with Gasteiger partial charge in [-0.1, -0.05) is 0 Å². The Morgan fingerprint density at radius 1 is 1.11 bits per heavy atom. The maximum atomic E-state index is 11.2. The number of nitrogens with zero attached hydrogens (tertiary/aromatic N) is 1. The van der Waals surface area contributed by atoms with Gasteiger partial charge in [0.25, 0.3) is 11.8 Å². The lowest BCUT2D eigenvalue weighted by atomic mass is 10.3. The average Bonchev–Trinajstić information content (AvgIpc) is 2.56. The Kier molecular flexibility index (Phi) is 4.56. The van der Waals surface area contributed by atoms with Crippen LogP contribution in [0.3, 0.4) is 0 Å². The molecule has 0 saturated carbocycles. The van der Waals surface area contributed by atoms with Gasteiger partial charge in [0.15, 0.2) is 0 Å². The first-order valence-corrected chi connectivity index (χ1v) is 6.32. The largest absolute Gasteiger partial charge is 0.448 e. The van der Waals surface area contributed by atoms with E-state index in [1.54, 1.807) is 0 Å². The standard InChI is InChI=1S/C8H9NO9S/c10-5-1-2-6(11)9(5)17-7(12)3-4-8(13)18-19(14,15)16/h1-4H2,(H,14,15,16). The Balaban J connectivity index is 2.38. The van der Waals surface area contributed by atoms with Gasteiger partial charge in [-0.05, 0) is 0 Å². The van der Waals surface area contributed by atoms with Crippen molar-refractivity contribution in [1.29, 1.82) is 0 Å². The van der Waals surface area contributed by atoms with Crippen molar-refractivity contribution < 1.29 is 41.2 Å². The van der Waals surface area contributed by atoms with Gasteiger partial charge in [-0.25, -0.2) is 4.79 Å². The maximum Gasteiger partial charge on any atom is 0.448 e. The minimum absolute atomic E-state index is 0.0725. The summed E-state index contributed by atoms with van der Waals surface area (Å²) in [7, 11) is -4.93. The minimum atomic E-state index is -4.93. The normalized spacial score (nSPS) is 15.5. The van der Waals surface area contributed by atoms with Gasteiger partial charge >= 0.3 is 22.3 Å². The second kappa shape index (κ2) is 5.75. The topological polar surface area (TPSA) is 144 Å². The summed E-state index contributed by atoms with van der Waals surface area (Å²) in [6, 6.07) is 0. The van der Waals surface area contributed by atoms with Gasteiger partial charge < -0.3 is 9.02 Å². The van der Waals surface area contributed by atoms with Crippen LogP contribution in [0.4, 0.5) is 0 Å². The van der Waals surface area contributed by atoms with E-state index in [2.05, 4.69) is 9.02 Å². The Bertz CT molecular complexity index is 506. The van der Waals surface area contributed by atoms with E-state index in [4.69, 9.17) is 4.55 Å². The molecule has 10 nitrogen and oxygen atoms in total. The molecule has 19 heavy (non-hydrogen) atoms. The number of rotatable bonds is 5. The molecule has 1 aliphatic heterocycles. The number of amides is 2. The van der Waals surface area contributed by atoms with Crippen molar-refractivity contribution >= 4 is 34.2 Å². The predicted molar refractivity (Wildman–Crippen MR) is 54.1 cm³/mol. The zero-order valence-corrected chi connectivity index (χ0v) is 10.2. The summed E-state index contributed by atoms with van der Waals surface area (Å²) in [5.74, 6) is -3.83. The quantitative estimate of drug-likeness (QED) is 0.484. The second-order valence-electron chi connectivity index (χ2n) is 3.43. The first kappa shape index (κ1) is 15.0. The van der Waals surface area contributed by atoms with Crippen LogP contribution in [0, 0.1) is 0 Å². The minimum Gasteiger partial charge on any atom is -0.330 e. The highest BCUT2D eigenvalue weighted by atomic mass is 32.3. The van der Waals surface area contributed by atoms with E-state index in [1.165, 1.54) is 0 Å². The van der Waals surface area contributed by atoms with Gasteiger partial charge in [-0.2, -0.15) is 8.42 Å². The lowest BCUT2D eigenvalue weighted by Gasteiger charge is -2.11. The SMILES string of the molecule is O=C(CCC(=O)OS(=O)(=O)O)ON1C(=O)CCC1=O. The molecule has 106 valence electrons. The van der Waals surface area contributed by atoms with Gasteiger partial charge in [0.1, 0.15) is 0 Å². The third kappa shape index (κ3) is 5.01. The molecular formula is C8H9NO9S. The molecule has 1 fully saturated rings. The fourth-order valence-corrected chi connectivity index (χ4v) is 1.49. The first-order chi connectivity index (χ1) is 8.69. The Morgan fingerprint density at radius 3 is 2.05 bits per heavy atom. The zero-order chi connectivity index (χ0) is 14.6. The fraction of sp³-hybridized carbons (Fsp3) is 0.500. The van der Waals surface area contributed by atoms with Crippen molar-refractivity contribution in [3.63, 3.8) is 0 Å². The van der Waals surface area contributed by atoms with Crippen molar-refractivity contribution in [2.45, 2.75) is 25.7 Å². The smallest absolute Gasteiger partial charge is 0.330 e. The first-order valence-electron chi connectivity index (χ1n) is 4.95. The highest BCUT2D eigenvalue weighted by Gasteiger charge is 2.32. The number of carbonyl (C=O) groups is 4. The van der Waals surface area contributed by atoms with Crippen LogP contribution in [0.25, 0.3) is 0 Å². The molecule has 0 radical (unpaired) electrons. The van der Waals surface area contributed by atoms with Gasteiger partial charge in [0.2, 0.25) is 0 Å². The Labute approximate surface area is 107 Å². The highest BCUT2D eigenvalue weighted by molar-refractivity contribution is 7.81. The number of hydrogen-bond donors (Lipinski definition) is 1. The molecule has 0 aromatic heterocycles. The number of hydroxylamine groups is 2. The third-order valence-corrected chi connectivity index (χ3v) is 2.33. The molecule has 1 rings (SSSR count). The molecular weight excluding hydrogens is 286 g/mol.